The van der Waals surface area contributed by atoms with Gasteiger partial charge in [0, 0.05) is 6.54 Å². The van der Waals surface area contributed by atoms with Gasteiger partial charge in [-0.3, -0.25) is 4.79 Å². The Labute approximate surface area is 112 Å². The number of nitrogens with two attached hydrogens (primary N) is 1. The van der Waals surface area contributed by atoms with Gasteiger partial charge in [0.1, 0.15) is 5.75 Å². The van der Waals surface area contributed by atoms with Crippen molar-refractivity contribution in [2.24, 2.45) is 11.7 Å². The number of hydrogen-bond acceptors (Lipinski definition) is 3. The average Bonchev–Trinajstić information content (AvgIpc) is 2.34. The van der Waals surface area contributed by atoms with Crippen LogP contribution in [0.3, 0.4) is 0 Å². The van der Waals surface area contributed by atoms with E-state index in [0.29, 0.717) is 10.8 Å². The van der Waals surface area contributed by atoms with Crippen LogP contribution in [0.25, 0.3) is 0 Å². The first-order valence-corrected chi connectivity index (χ1v) is 6.33. The lowest BCUT2D eigenvalue weighted by molar-refractivity contribution is -0.122. The van der Waals surface area contributed by atoms with Crippen molar-refractivity contribution in [3.8, 4) is 5.75 Å². The van der Waals surface area contributed by atoms with Gasteiger partial charge in [0.25, 0.3) is 0 Å². The molecule has 0 aromatic heterocycles. The largest absolute Gasteiger partial charge is 0.491 e. The Morgan fingerprint density at radius 3 is 2.83 bits per heavy atom. The molecule has 18 heavy (non-hydrogen) atoms. The molecule has 0 aliphatic rings. The molecule has 0 spiro atoms. The number of hydrogen-bond donors (Lipinski definition) is 2. The molecule has 1 unspecified atom stereocenters. The van der Waals surface area contributed by atoms with Gasteiger partial charge < -0.3 is 15.8 Å². The van der Waals surface area contributed by atoms with Crippen molar-refractivity contribution in [3.63, 3.8) is 0 Å². The molecule has 5 heteroatoms. The van der Waals surface area contributed by atoms with Crippen LogP contribution in [0.1, 0.15) is 19.4 Å². The zero-order chi connectivity index (χ0) is 13.5. The van der Waals surface area contributed by atoms with Gasteiger partial charge in [-0.05, 0) is 24.2 Å². The van der Waals surface area contributed by atoms with E-state index in [0.717, 1.165) is 18.7 Å². The van der Waals surface area contributed by atoms with Crippen LogP contribution < -0.4 is 15.8 Å². The number of amides is 1. The molecular weight excluding hydrogens is 252 g/mol. The van der Waals surface area contributed by atoms with Crippen molar-refractivity contribution in [1.29, 1.82) is 0 Å². The molecule has 0 saturated carbocycles. The van der Waals surface area contributed by atoms with Crippen LogP contribution in [-0.4, -0.2) is 19.1 Å². The summed E-state index contributed by atoms with van der Waals surface area (Å²) in [7, 11) is 0. The van der Waals surface area contributed by atoms with E-state index in [-0.39, 0.29) is 18.4 Å². The number of halogens is 1. The first kappa shape index (κ1) is 14.8. The van der Waals surface area contributed by atoms with Crippen molar-refractivity contribution >= 4 is 17.5 Å². The zero-order valence-electron chi connectivity index (χ0n) is 10.7. The summed E-state index contributed by atoms with van der Waals surface area (Å²) in [6.45, 7) is 5.68. The number of benzene rings is 1. The van der Waals surface area contributed by atoms with E-state index >= 15 is 0 Å². The molecule has 1 rings (SSSR count). The summed E-state index contributed by atoms with van der Waals surface area (Å²) in [6.07, 6.45) is 0. The Bertz CT molecular complexity index is 410. The highest BCUT2D eigenvalue weighted by molar-refractivity contribution is 6.32. The maximum absolute atomic E-state index is 10.9. The molecule has 0 radical (unpaired) electrons. The fraction of sp³-hybridized carbons (Fsp3) is 0.462. The van der Waals surface area contributed by atoms with E-state index < -0.39 is 0 Å². The van der Waals surface area contributed by atoms with E-state index in [1.807, 2.05) is 25.1 Å². The van der Waals surface area contributed by atoms with Crippen LogP contribution >= 0.6 is 11.6 Å². The number of carbonyl (C=O) groups excluding carboxylic acids is 1. The number of carbonyl (C=O) groups is 1. The summed E-state index contributed by atoms with van der Waals surface area (Å²) in [5.74, 6) is -0.137. The molecule has 0 bridgehead atoms. The van der Waals surface area contributed by atoms with Crippen molar-refractivity contribution in [1.82, 2.24) is 5.32 Å². The Kier molecular flexibility index (Phi) is 5.95. The van der Waals surface area contributed by atoms with E-state index in [1.54, 1.807) is 6.92 Å². The third-order valence-corrected chi connectivity index (χ3v) is 2.85. The van der Waals surface area contributed by atoms with Gasteiger partial charge in [-0.25, -0.2) is 0 Å². The molecular formula is C13H19ClN2O2. The number of primary amides is 1. The molecule has 4 nitrogen and oxygen atoms in total. The van der Waals surface area contributed by atoms with Crippen molar-refractivity contribution in [2.45, 2.75) is 20.4 Å². The monoisotopic (exact) mass is 270 g/mol. The molecule has 0 aliphatic heterocycles. The van der Waals surface area contributed by atoms with Gasteiger partial charge in [0.2, 0.25) is 5.91 Å². The highest BCUT2D eigenvalue weighted by Gasteiger charge is 2.10. The summed E-state index contributed by atoms with van der Waals surface area (Å²) in [5, 5.41) is 3.76. The molecule has 1 atom stereocenters. The second-order valence-electron chi connectivity index (χ2n) is 4.16. The number of nitrogens with one attached hydrogen (secondary N) is 1. The molecule has 0 fully saturated rings. The van der Waals surface area contributed by atoms with E-state index in [1.165, 1.54) is 0 Å². The van der Waals surface area contributed by atoms with E-state index in [2.05, 4.69) is 5.32 Å². The highest BCUT2D eigenvalue weighted by Crippen LogP contribution is 2.25. The molecule has 1 amide bonds. The maximum atomic E-state index is 10.9. The fourth-order valence-electron chi connectivity index (χ4n) is 1.34. The quantitative estimate of drug-likeness (QED) is 0.796. The van der Waals surface area contributed by atoms with Crippen molar-refractivity contribution in [3.05, 3.63) is 28.8 Å². The van der Waals surface area contributed by atoms with Crippen LogP contribution in [0.15, 0.2) is 18.2 Å². The highest BCUT2D eigenvalue weighted by atomic mass is 35.5. The van der Waals surface area contributed by atoms with Crippen molar-refractivity contribution in [2.75, 3.05) is 13.2 Å². The van der Waals surface area contributed by atoms with Crippen LogP contribution in [0.2, 0.25) is 5.02 Å². The minimum atomic E-state index is -0.380. The van der Waals surface area contributed by atoms with Gasteiger partial charge >= 0.3 is 0 Å². The smallest absolute Gasteiger partial charge is 0.223 e. The SMILES string of the molecule is CCNCc1ccc(OCC(C)C(N)=O)c(Cl)c1. The maximum Gasteiger partial charge on any atom is 0.223 e. The van der Waals surface area contributed by atoms with E-state index in [4.69, 9.17) is 22.1 Å². The minimum Gasteiger partial charge on any atom is -0.491 e. The molecule has 3 N–H and O–H groups in total. The van der Waals surface area contributed by atoms with E-state index in [9.17, 15) is 4.79 Å². The average molecular weight is 271 g/mol. The molecule has 0 aliphatic carbocycles. The molecule has 1 aromatic carbocycles. The predicted octanol–water partition coefficient (Wildman–Crippen LogP) is 1.95. The Morgan fingerprint density at radius 1 is 1.56 bits per heavy atom. The van der Waals surface area contributed by atoms with Gasteiger partial charge in [-0.15, -0.1) is 0 Å². The summed E-state index contributed by atoms with van der Waals surface area (Å²) in [6, 6.07) is 5.61. The first-order valence-electron chi connectivity index (χ1n) is 5.95. The molecule has 0 heterocycles. The van der Waals surface area contributed by atoms with Crippen LogP contribution in [0.4, 0.5) is 0 Å². The van der Waals surface area contributed by atoms with Gasteiger partial charge in [0.15, 0.2) is 0 Å². The van der Waals surface area contributed by atoms with Crippen LogP contribution in [0.5, 0.6) is 5.75 Å². The third-order valence-electron chi connectivity index (χ3n) is 2.55. The normalized spacial score (nSPS) is 12.2. The standard InChI is InChI=1S/C13H19ClN2O2/c1-3-16-7-10-4-5-12(11(14)6-10)18-8-9(2)13(15)17/h4-6,9,16H,3,7-8H2,1-2H3,(H2,15,17). The summed E-state index contributed by atoms with van der Waals surface area (Å²) < 4.78 is 5.47. The Hall–Kier alpha value is -1.26. The molecule has 0 saturated heterocycles. The lowest BCUT2D eigenvalue weighted by atomic mass is 10.2. The van der Waals surface area contributed by atoms with Gasteiger partial charge in [-0.1, -0.05) is 31.5 Å². The summed E-state index contributed by atoms with van der Waals surface area (Å²) in [4.78, 5) is 10.9. The number of rotatable bonds is 7. The second-order valence-corrected chi connectivity index (χ2v) is 4.57. The first-order chi connectivity index (χ1) is 8.54. The molecule has 1 aromatic rings. The zero-order valence-corrected chi connectivity index (χ0v) is 11.5. The third kappa shape index (κ3) is 4.55. The predicted molar refractivity (Wildman–Crippen MR) is 72.7 cm³/mol. The topological polar surface area (TPSA) is 64.3 Å². The Morgan fingerprint density at radius 2 is 2.28 bits per heavy atom. The second kappa shape index (κ2) is 7.24. The van der Waals surface area contributed by atoms with Crippen molar-refractivity contribution < 1.29 is 9.53 Å². The minimum absolute atomic E-state index is 0.238. The summed E-state index contributed by atoms with van der Waals surface area (Å²) in [5.41, 5.74) is 6.25. The lowest BCUT2D eigenvalue weighted by Crippen LogP contribution is -2.25. The van der Waals surface area contributed by atoms with Crippen LogP contribution in [0, 0.1) is 5.92 Å². The molecule has 100 valence electrons. The lowest BCUT2D eigenvalue weighted by Gasteiger charge is -2.12. The van der Waals surface area contributed by atoms with Gasteiger partial charge in [-0.2, -0.15) is 0 Å². The number of ether oxygens (including phenoxy) is 1. The summed E-state index contributed by atoms with van der Waals surface area (Å²) >= 11 is 6.10. The Balaban J connectivity index is 2.59. The van der Waals surface area contributed by atoms with Gasteiger partial charge in [0.05, 0.1) is 17.5 Å². The van der Waals surface area contributed by atoms with Crippen LogP contribution in [-0.2, 0) is 11.3 Å². The fourth-order valence-corrected chi connectivity index (χ4v) is 1.60.